The third-order valence-electron chi connectivity index (χ3n) is 2.59. The highest BCUT2D eigenvalue weighted by Crippen LogP contribution is 2.26. The number of aryl methyl sites for hydroxylation is 1. The molecule has 0 bridgehead atoms. The largest absolute Gasteiger partial charge is 0.247 e. The molecule has 1 unspecified atom stereocenters. The van der Waals surface area contributed by atoms with Crippen LogP contribution in [0.25, 0.3) is 0 Å². The first-order chi connectivity index (χ1) is 8.19. The van der Waals surface area contributed by atoms with Gasteiger partial charge in [0, 0.05) is 33.8 Å². The van der Waals surface area contributed by atoms with E-state index < -0.39 is 0 Å². The van der Waals surface area contributed by atoms with Crippen LogP contribution in [0.5, 0.6) is 0 Å². The van der Waals surface area contributed by atoms with Crippen LogP contribution < -0.4 is 0 Å². The van der Waals surface area contributed by atoms with Gasteiger partial charge >= 0.3 is 0 Å². The van der Waals surface area contributed by atoms with E-state index in [1.165, 1.54) is 5.56 Å². The Bertz CT molecular complexity index is 498. The lowest BCUT2D eigenvalue weighted by molar-refractivity contribution is 0.759. The van der Waals surface area contributed by atoms with Gasteiger partial charge in [0.2, 0.25) is 0 Å². The SMILES string of the molecule is Cc1csc(CC(CCl)c2cccc(Br)c2)n1. The maximum Gasteiger partial charge on any atom is 0.0934 e. The highest BCUT2D eigenvalue weighted by molar-refractivity contribution is 9.10. The topological polar surface area (TPSA) is 12.9 Å². The number of hydrogen-bond donors (Lipinski definition) is 0. The fourth-order valence-corrected chi connectivity index (χ4v) is 3.29. The van der Waals surface area contributed by atoms with Crippen LogP contribution in [0.4, 0.5) is 0 Å². The number of alkyl halides is 1. The molecule has 0 radical (unpaired) electrons. The molecule has 1 aromatic heterocycles. The van der Waals surface area contributed by atoms with Gasteiger partial charge in [0.15, 0.2) is 0 Å². The normalized spacial score (nSPS) is 12.6. The van der Waals surface area contributed by atoms with Gasteiger partial charge in [-0.2, -0.15) is 0 Å². The lowest BCUT2D eigenvalue weighted by atomic mass is 9.98. The zero-order chi connectivity index (χ0) is 12.3. The van der Waals surface area contributed by atoms with Crippen molar-refractivity contribution >= 4 is 38.9 Å². The number of halogens is 2. The molecule has 17 heavy (non-hydrogen) atoms. The molecule has 1 heterocycles. The number of thiazole rings is 1. The predicted molar refractivity (Wildman–Crippen MR) is 78.2 cm³/mol. The van der Waals surface area contributed by atoms with Gasteiger partial charge in [-0.15, -0.1) is 22.9 Å². The van der Waals surface area contributed by atoms with Crippen molar-refractivity contribution in [2.75, 3.05) is 5.88 Å². The highest BCUT2D eigenvalue weighted by Gasteiger charge is 2.13. The van der Waals surface area contributed by atoms with Gasteiger partial charge < -0.3 is 0 Å². The van der Waals surface area contributed by atoms with Gasteiger partial charge in [-0.3, -0.25) is 0 Å². The van der Waals surface area contributed by atoms with Gasteiger partial charge in [-0.25, -0.2) is 4.98 Å². The van der Waals surface area contributed by atoms with Crippen LogP contribution in [0.1, 0.15) is 22.2 Å². The van der Waals surface area contributed by atoms with Gasteiger partial charge in [-0.05, 0) is 24.6 Å². The number of hydrogen-bond acceptors (Lipinski definition) is 2. The molecular formula is C13H13BrClNS. The van der Waals surface area contributed by atoms with Crippen LogP contribution >= 0.6 is 38.9 Å². The zero-order valence-electron chi connectivity index (χ0n) is 9.49. The van der Waals surface area contributed by atoms with Crippen molar-refractivity contribution in [2.24, 2.45) is 0 Å². The molecule has 0 N–H and O–H groups in total. The van der Waals surface area contributed by atoms with Crippen LogP contribution in [0.3, 0.4) is 0 Å². The highest BCUT2D eigenvalue weighted by atomic mass is 79.9. The Kier molecular flexibility index (Phi) is 4.60. The Balaban J connectivity index is 2.16. The van der Waals surface area contributed by atoms with Crippen molar-refractivity contribution in [3.8, 4) is 0 Å². The molecule has 1 aromatic carbocycles. The summed E-state index contributed by atoms with van der Waals surface area (Å²) in [5.41, 5.74) is 2.36. The summed E-state index contributed by atoms with van der Waals surface area (Å²) in [6.45, 7) is 2.02. The fourth-order valence-electron chi connectivity index (χ4n) is 1.73. The number of benzene rings is 1. The Morgan fingerprint density at radius 1 is 1.47 bits per heavy atom. The molecule has 2 aromatic rings. The predicted octanol–water partition coefficient (Wildman–Crippen LogP) is 4.78. The molecule has 0 spiro atoms. The number of aromatic nitrogens is 1. The minimum atomic E-state index is 0.333. The first-order valence-corrected chi connectivity index (χ1v) is 7.62. The van der Waals surface area contributed by atoms with Gasteiger partial charge in [-0.1, -0.05) is 28.1 Å². The average Bonchev–Trinajstić information content (AvgIpc) is 2.72. The van der Waals surface area contributed by atoms with E-state index in [2.05, 4.69) is 38.4 Å². The Hall–Kier alpha value is -0.380. The molecule has 0 aliphatic rings. The summed E-state index contributed by atoms with van der Waals surface area (Å²) in [6, 6.07) is 8.33. The quantitative estimate of drug-likeness (QED) is 0.735. The monoisotopic (exact) mass is 329 g/mol. The van der Waals surface area contributed by atoms with Crippen molar-refractivity contribution < 1.29 is 0 Å². The van der Waals surface area contributed by atoms with Crippen molar-refractivity contribution in [1.82, 2.24) is 4.98 Å². The van der Waals surface area contributed by atoms with Crippen molar-refractivity contribution in [3.63, 3.8) is 0 Å². The zero-order valence-corrected chi connectivity index (χ0v) is 12.6. The number of rotatable bonds is 4. The lowest BCUT2D eigenvalue weighted by Crippen LogP contribution is -2.04. The molecule has 0 saturated heterocycles. The molecule has 1 atom stereocenters. The molecule has 0 aliphatic carbocycles. The molecule has 0 amide bonds. The Morgan fingerprint density at radius 3 is 2.88 bits per heavy atom. The molecule has 0 saturated carbocycles. The van der Waals surface area contributed by atoms with Crippen LogP contribution in [0.2, 0.25) is 0 Å². The number of nitrogens with zero attached hydrogens (tertiary/aromatic N) is 1. The first-order valence-electron chi connectivity index (χ1n) is 5.41. The molecule has 0 aliphatic heterocycles. The summed E-state index contributed by atoms with van der Waals surface area (Å²) < 4.78 is 1.10. The summed E-state index contributed by atoms with van der Waals surface area (Å²) in [5.74, 6) is 0.953. The third-order valence-corrected chi connectivity index (χ3v) is 4.45. The molecular weight excluding hydrogens is 318 g/mol. The molecule has 90 valence electrons. The van der Waals surface area contributed by atoms with Gasteiger partial charge in [0.25, 0.3) is 0 Å². The Morgan fingerprint density at radius 2 is 2.29 bits per heavy atom. The van der Waals surface area contributed by atoms with E-state index in [9.17, 15) is 0 Å². The first kappa shape index (κ1) is 13.1. The summed E-state index contributed by atoms with van der Waals surface area (Å²) in [6.07, 6.45) is 0.915. The van der Waals surface area contributed by atoms with Gasteiger partial charge in [0.1, 0.15) is 0 Å². The maximum absolute atomic E-state index is 6.07. The van der Waals surface area contributed by atoms with E-state index in [0.717, 1.165) is 21.6 Å². The second-order valence-corrected chi connectivity index (χ2v) is 6.16. The standard InChI is InChI=1S/C13H13BrClNS/c1-9-8-17-13(16-9)6-11(7-15)10-3-2-4-12(14)5-10/h2-5,8,11H,6-7H2,1H3. The third kappa shape index (κ3) is 3.54. The molecule has 0 fully saturated rings. The minimum absolute atomic E-state index is 0.333. The van der Waals surface area contributed by atoms with E-state index in [0.29, 0.717) is 11.8 Å². The smallest absolute Gasteiger partial charge is 0.0934 e. The van der Waals surface area contributed by atoms with Crippen LogP contribution in [-0.2, 0) is 6.42 Å². The van der Waals surface area contributed by atoms with E-state index in [-0.39, 0.29) is 0 Å². The van der Waals surface area contributed by atoms with Gasteiger partial charge in [0.05, 0.1) is 5.01 Å². The van der Waals surface area contributed by atoms with Crippen LogP contribution in [-0.4, -0.2) is 10.9 Å². The van der Waals surface area contributed by atoms with E-state index in [1.54, 1.807) is 11.3 Å². The van der Waals surface area contributed by atoms with E-state index in [1.807, 2.05) is 19.1 Å². The van der Waals surface area contributed by atoms with Crippen molar-refractivity contribution in [2.45, 2.75) is 19.3 Å². The molecule has 1 nitrogen and oxygen atoms in total. The van der Waals surface area contributed by atoms with Crippen LogP contribution in [0, 0.1) is 6.92 Å². The van der Waals surface area contributed by atoms with Crippen LogP contribution in [0.15, 0.2) is 34.1 Å². The van der Waals surface area contributed by atoms with E-state index in [4.69, 9.17) is 11.6 Å². The second-order valence-electron chi connectivity index (χ2n) is 3.99. The lowest BCUT2D eigenvalue weighted by Gasteiger charge is -2.13. The van der Waals surface area contributed by atoms with Crippen molar-refractivity contribution in [3.05, 3.63) is 50.4 Å². The Labute approximate surface area is 119 Å². The molecule has 2 rings (SSSR count). The summed E-state index contributed by atoms with van der Waals surface area (Å²) in [7, 11) is 0. The second kappa shape index (κ2) is 5.98. The summed E-state index contributed by atoms with van der Waals surface area (Å²) in [4.78, 5) is 4.49. The van der Waals surface area contributed by atoms with Crippen molar-refractivity contribution in [1.29, 1.82) is 0 Å². The van der Waals surface area contributed by atoms with E-state index >= 15 is 0 Å². The minimum Gasteiger partial charge on any atom is -0.247 e. The fraction of sp³-hybridized carbons (Fsp3) is 0.308. The molecule has 4 heteroatoms. The summed E-state index contributed by atoms with van der Waals surface area (Å²) in [5, 5.41) is 3.25. The maximum atomic E-state index is 6.07. The summed E-state index contributed by atoms with van der Waals surface area (Å²) >= 11 is 11.3. The average molecular weight is 331 g/mol.